The lowest BCUT2D eigenvalue weighted by atomic mass is 10.1. The number of hydrogen-bond donors (Lipinski definition) is 2. The molecule has 0 amide bonds. The van der Waals surface area contributed by atoms with Crippen LogP contribution in [0.25, 0.3) is 0 Å². The summed E-state index contributed by atoms with van der Waals surface area (Å²) < 4.78 is 19.7. The van der Waals surface area contributed by atoms with Gasteiger partial charge in [-0.1, -0.05) is 13.0 Å². The van der Waals surface area contributed by atoms with Gasteiger partial charge in [-0.2, -0.15) is 0 Å². The largest absolute Gasteiger partial charge is 0.378 e. The van der Waals surface area contributed by atoms with Gasteiger partial charge >= 0.3 is 0 Å². The highest BCUT2D eigenvalue weighted by Crippen LogP contribution is 2.22. The quantitative estimate of drug-likeness (QED) is 0.593. The Morgan fingerprint density at radius 2 is 2.15 bits per heavy atom. The predicted molar refractivity (Wildman–Crippen MR) is 103 cm³/mol. The van der Waals surface area contributed by atoms with Crippen molar-refractivity contribution in [1.82, 2.24) is 10.2 Å². The van der Waals surface area contributed by atoms with Gasteiger partial charge < -0.3 is 20.7 Å². The number of morpholine rings is 1. The van der Waals surface area contributed by atoms with E-state index in [4.69, 9.17) is 10.5 Å². The van der Waals surface area contributed by atoms with Crippen molar-refractivity contribution in [3.05, 3.63) is 29.6 Å². The Balaban J connectivity index is 1.51. The van der Waals surface area contributed by atoms with Crippen molar-refractivity contribution in [3.63, 3.8) is 0 Å². The third-order valence-electron chi connectivity index (χ3n) is 5.22. The van der Waals surface area contributed by atoms with E-state index < -0.39 is 0 Å². The van der Waals surface area contributed by atoms with Gasteiger partial charge in [-0.15, -0.1) is 0 Å². The first-order chi connectivity index (χ1) is 12.7. The van der Waals surface area contributed by atoms with E-state index in [0.29, 0.717) is 37.4 Å². The Morgan fingerprint density at radius 1 is 1.35 bits per heavy atom. The zero-order chi connectivity index (χ0) is 18.4. The molecule has 0 bridgehead atoms. The van der Waals surface area contributed by atoms with Crippen LogP contribution in [0.3, 0.4) is 0 Å². The smallest absolute Gasteiger partial charge is 0.188 e. The van der Waals surface area contributed by atoms with Gasteiger partial charge in [-0.3, -0.25) is 4.90 Å². The third kappa shape index (κ3) is 4.86. The summed E-state index contributed by atoms with van der Waals surface area (Å²) in [6.07, 6.45) is 2.44. The minimum Gasteiger partial charge on any atom is -0.378 e. The minimum absolute atomic E-state index is 0.212. The molecule has 0 aliphatic carbocycles. The SMILES string of the molecule is CCN1CCCC1CNC(N)=NCc1ccc(N2CCOCC2)c(F)c1. The van der Waals surface area contributed by atoms with Gasteiger partial charge in [0.1, 0.15) is 5.82 Å². The molecular formula is C19H30FN5O. The van der Waals surface area contributed by atoms with Crippen LogP contribution >= 0.6 is 0 Å². The van der Waals surface area contributed by atoms with Crippen LogP contribution in [0.4, 0.5) is 10.1 Å². The molecule has 2 fully saturated rings. The molecule has 7 heteroatoms. The molecule has 1 atom stereocenters. The van der Waals surface area contributed by atoms with E-state index in [9.17, 15) is 4.39 Å². The number of nitrogens with zero attached hydrogens (tertiary/aromatic N) is 3. The number of aliphatic imine (C=N–C) groups is 1. The summed E-state index contributed by atoms with van der Waals surface area (Å²) in [6, 6.07) is 5.82. The van der Waals surface area contributed by atoms with Crippen molar-refractivity contribution in [2.24, 2.45) is 10.7 Å². The minimum atomic E-state index is -0.212. The summed E-state index contributed by atoms with van der Waals surface area (Å²) in [5, 5.41) is 3.21. The van der Waals surface area contributed by atoms with Crippen LogP contribution in [-0.4, -0.2) is 62.8 Å². The number of likely N-dealkylation sites (N-methyl/N-ethyl adjacent to an activating group) is 1. The maximum absolute atomic E-state index is 14.4. The van der Waals surface area contributed by atoms with Gasteiger partial charge in [0.05, 0.1) is 25.4 Å². The van der Waals surface area contributed by atoms with E-state index in [1.165, 1.54) is 12.8 Å². The van der Waals surface area contributed by atoms with Crippen LogP contribution in [0.2, 0.25) is 0 Å². The van der Waals surface area contributed by atoms with E-state index in [-0.39, 0.29) is 5.82 Å². The molecule has 3 rings (SSSR count). The van der Waals surface area contributed by atoms with Gasteiger partial charge in [0.15, 0.2) is 5.96 Å². The first-order valence-corrected chi connectivity index (χ1v) is 9.56. The van der Waals surface area contributed by atoms with Crippen molar-refractivity contribution >= 4 is 11.6 Å². The molecule has 1 unspecified atom stereocenters. The fourth-order valence-corrected chi connectivity index (χ4v) is 3.71. The first kappa shape index (κ1) is 18.9. The molecule has 2 saturated heterocycles. The molecule has 2 heterocycles. The number of nitrogens with two attached hydrogens (primary N) is 1. The highest BCUT2D eigenvalue weighted by Gasteiger charge is 2.22. The second kappa shape index (κ2) is 9.19. The summed E-state index contributed by atoms with van der Waals surface area (Å²) in [4.78, 5) is 8.83. The summed E-state index contributed by atoms with van der Waals surface area (Å²) >= 11 is 0. The van der Waals surface area contributed by atoms with E-state index in [2.05, 4.69) is 22.1 Å². The molecule has 0 radical (unpaired) electrons. The Labute approximate surface area is 155 Å². The predicted octanol–water partition coefficient (Wildman–Crippen LogP) is 1.55. The van der Waals surface area contributed by atoms with E-state index >= 15 is 0 Å². The third-order valence-corrected chi connectivity index (χ3v) is 5.22. The van der Waals surface area contributed by atoms with E-state index in [0.717, 1.165) is 38.3 Å². The second-order valence-electron chi connectivity index (χ2n) is 6.89. The molecule has 26 heavy (non-hydrogen) atoms. The number of guanidine groups is 1. The van der Waals surface area contributed by atoms with Crippen LogP contribution in [0.15, 0.2) is 23.2 Å². The number of nitrogens with one attached hydrogen (secondary N) is 1. The number of rotatable bonds is 6. The van der Waals surface area contributed by atoms with Crippen molar-refractivity contribution in [1.29, 1.82) is 0 Å². The lowest BCUT2D eigenvalue weighted by Crippen LogP contribution is -2.42. The average molecular weight is 363 g/mol. The maximum Gasteiger partial charge on any atom is 0.188 e. The van der Waals surface area contributed by atoms with Gasteiger partial charge in [0.2, 0.25) is 0 Å². The van der Waals surface area contributed by atoms with Gasteiger partial charge in [-0.05, 0) is 43.6 Å². The molecule has 1 aromatic rings. The summed E-state index contributed by atoms with van der Waals surface area (Å²) in [6.45, 7) is 8.34. The van der Waals surface area contributed by atoms with Crippen molar-refractivity contribution < 1.29 is 9.13 Å². The Bertz CT molecular complexity index is 618. The van der Waals surface area contributed by atoms with Crippen LogP contribution in [0.1, 0.15) is 25.3 Å². The zero-order valence-electron chi connectivity index (χ0n) is 15.6. The fourth-order valence-electron chi connectivity index (χ4n) is 3.71. The zero-order valence-corrected chi connectivity index (χ0v) is 15.6. The van der Waals surface area contributed by atoms with E-state index in [1.807, 2.05) is 17.0 Å². The number of anilines is 1. The lowest BCUT2D eigenvalue weighted by Gasteiger charge is -2.29. The van der Waals surface area contributed by atoms with Crippen molar-refractivity contribution in [2.45, 2.75) is 32.4 Å². The number of halogens is 1. The lowest BCUT2D eigenvalue weighted by molar-refractivity contribution is 0.122. The molecule has 2 aliphatic heterocycles. The topological polar surface area (TPSA) is 66.1 Å². The summed E-state index contributed by atoms with van der Waals surface area (Å²) in [5.41, 5.74) is 7.43. The first-order valence-electron chi connectivity index (χ1n) is 9.56. The van der Waals surface area contributed by atoms with Gasteiger partial charge in [0, 0.05) is 25.7 Å². The molecular weight excluding hydrogens is 333 g/mol. The van der Waals surface area contributed by atoms with Crippen LogP contribution < -0.4 is 16.0 Å². The highest BCUT2D eigenvalue weighted by molar-refractivity contribution is 5.77. The van der Waals surface area contributed by atoms with Gasteiger partial charge in [-0.25, -0.2) is 9.38 Å². The van der Waals surface area contributed by atoms with Crippen molar-refractivity contribution in [3.8, 4) is 0 Å². The second-order valence-corrected chi connectivity index (χ2v) is 6.89. The van der Waals surface area contributed by atoms with Crippen molar-refractivity contribution in [2.75, 3.05) is 50.8 Å². The molecule has 1 aromatic carbocycles. The molecule has 2 aliphatic rings. The Hall–Kier alpha value is -1.86. The molecule has 144 valence electrons. The molecule has 0 spiro atoms. The molecule has 3 N–H and O–H groups in total. The van der Waals surface area contributed by atoms with E-state index in [1.54, 1.807) is 6.07 Å². The molecule has 0 aromatic heterocycles. The standard InChI is InChI=1S/C19H30FN5O/c1-2-24-7-3-4-16(24)14-23-19(21)22-13-15-5-6-18(17(20)12-15)25-8-10-26-11-9-25/h5-6,12,16H,2-4,7-11,13-14H2,1H3,(H3,21,22,23). The Kier molecular flexibility index (Phi) is 6.68. The normalized spacial score (nSPS) is 22.0. The number of hydrogen-bond acceptors (Lipinski definition) is 4. The summed E-state index contributed by atoms with van der Waals surface area (Å²) in [7, 11) is 0. The van der Waals surface area contributed by atoms with Crippen LogP contribution in [0.5, 0.6) is 0 Å². The maximum atomic E-state index is 14.4. The molecule has 0 saturated carbocycles. The highest BCUT2D eigenvalue weighted by atomic mass is 19.1. The van der Waals surface area contributed by atoms with Crippen LogP contribution in [0, 0.1) is 5.82 Å². The number of ether oxygens (including phenoxy) is 1. The fraction of sp³-hybridized carbons (Fsp3) is 0.632. The average Bonchev–Trinajstić information content (AvgIpc) is 3.13. The Morgan fingerprint density at radius 3 is 2.88 bits per heavy atom. The van der Waals surface area contributed by atoms with Gasteiger partial charge in [0.25, 0.3) is 0 Å². The molecule has 6 nitrogen and oxygen atoms in total. The summed E-state index contributed by atoms with van der Waals surface area (Å²) in [5.74, 6) is 0.210. The monoisotopic (exact) mass is 363 g/mol. The number of likely N-dealkylation sites (tertiary alicyclic amines) is 1. The van der Waals surface area contributed by atoms with Crippen LogP contribution in [-0.2, 0) is 11.3 Å². The number of benzene rings is 1.